The van der Waals surface area contributed by atoms with E-state index in [0.29, 0.717) is 41.8 Å². The number of ether oxygens (including phenoxy) is 2. The fraction of sp³-hybridized carbons (Fsp3) is 0.350. The predicted octanol–water partition coefficient (Wildman–Crippen LogP) is 3.53. The van der Waals surface area contributed by atoms with Crippen LogP contribution in [0.3, 0.4) is 0 Å². The van der Waals surface area contributed by atoms with Crippen molar-refractivity contribution >= 4 is 17.5 Å². The van der Waals surface area contributed by atoms with Crippen LogP contribution in [0.1, 0.15) is 28.4 Å². The van der Waals surface area contributed by atoms with Crippen LogP contribution in [0.25, 0.3) is 0 Å². The molecule has 0 bridgehead atoms. The van der Waals surface area contributed by atoms with Gasteiger partial charge in [0.15, 0.2) is 11.5 Å². The maximum atomic E-state index is 12.6. The largest absolute Gasteiger partial charge is 0.489 e. The van der Waals surface area contributed by atoms with Crippen LogP contribution in [-0.2, 0) is 0 Å². The molecular weight excluding hydrogens is 352 g/mol. The third-order valence-corrected chi connectivity index (χ3v) is 4.61. The molecule has 0 spiro atoms. The van der Waals surface area contributed by atoms with E-state index in [4.69, 9.17) is 21.1 Å². The zero-order valence-corrected chi connectivity index (χ0v) is 15.8. The summed E-state index contributed by atoms with van der Waals surface area (Å²) in [7, 11) is 3.99. The van der Waals surface area contributed by atoms with Gasteiger partial charge in [-0.15, -0.1) is 0 Å². The number of nitrogens with zero attached hydrogens (tertiary/aromatic N) is 1. The van der Waals surface area contributed by atoms with Crippen molar-refractivity contribution in [2.45, 2.75) is 12.5 Å². The van der Waals surface area contributed by atoms with Crippen molar-refractivity contribution < 1.29 is 14.3 Å². The molecule has 138 valence electrons. The molecule has 0 aliphatic carbocycles. The van der Waals surface area contributed by atoms with E-state index in [9.17, 15) is 4.79 Å². The lowest BCUT2D eigenvalue weighted by Gasteiger charge is -2.25. The molecule has 2 aromatic rings. The summed E-state index contributed by atoms with van der Waals surface area (Å²) in [4.78, 5) is 14.7. The Kier molecular flexibility index (Phi) is 6.01. The summed E-state index contributed by atoms with van der Waals surface area (Å²) in [6.07, 6.45) is 0.786. The van der Waals surface area contributed by atoms with Gasteiger partial charge in [0, 0.05) is 18.5 Å². The van der Waals surface area contributed by atoms with E-state index in [-0.39, 0.29) is 11.9 Å². The van der Waals surface area contributed by atoms with E-state index in [2.05, 4.69) is 22.3 Å². The highest BCUT2D eigenvalue weighted by Crippen LogP contribution is 2.38. The maximum Gasteiger partial charge on any atom is 0.251 e. The van der Waals surface area contributed by atoms with Crippen LogP contribution in [0.2, 0.25) is 5.02 Å². The second-order valence-electron chi connectivity index (χ2n) is 6.44. The molecule has 1 aliphatic heterocycles. The number of fused-ring (bicyclic) bond motifs is 1. The summed E-state index contributed by atoms with van der Waals surface area (Å²) in [5.74, 6) is 0.842. The van der Waals surface area contributed by atoms with Gasteiger partial charge in [-0.3, -0.25) is 4.79 Å². The van der Waals surface area contributed by atoms with Crippen molar-refractivity contribution in [3.8, 4) is 11.5 Å². The first kappa shape index (κ1) is 18.5. The molecule has 0 fully saturated rings. The fourth-order valence-corrected chi connectivity index (χ4v) is 3.19. The standard InChI is InChI=1S/C20H23ClN2O3/c1-23(2)17(14-7-4-3-5-8-14)13-22-20(24)15-11-16(21)19-18(12-15)25-9-6-10-26-19/h3-5,7-8,11-12,17H,6,9-10,13H2,1-2H3,(H,22,24)/t17-/m1/s1. The van der Waals surface area contributed by atoms with Gasteiger partial charge >= 0.3 is 0 Å². The molecule has 0 radical (unpaired) electrons. The van der Waals surface area contributed by atoms with Crippen molar-refractivity contribution in [3.05, 3.63) is 58.6 Å². The lowest BCUT2D eigenvalue weighted by atomic mass is 10.1. The molecule has 5 nitrogen and oxygen atoms in total. The van der Waals surface area contributed by atoms with Crippen LogP contribution >= 0.6 is 11.6 Å². The highest BCUT2D eigenvalue weighted by atomic mass is 35.5. The second kappa shape index (κ2) is 8.43. The number of carbonyl (C=O) groups excluding carboxylic acids is 1. The van der Waals surface area contributed by atoms with Crippen LogP contribution in [0.4, 0.5) is 0 Å². The Labute approximate surface area is 158 Å². The lowest BCUT2D eigenvalue weighted by molar-refractivity contribution is 0.0941. The Hall–Kier alpha value is -2.24. The van der Waals surface area contributed by atoms with E-state index in [1.165, 1.54) is 0 Å². The van der Waals surface area contributed by atoms with Gasteiger partial charge < -0.3 is 19.7 Å². The minimum atomic E-state index is -0.190. The summed E-state index contributed by atoms with van der Waals surface area (Å²) in [5.41, 5.74) is 1.61. The second-order valence-corrected chi connectivity index (χ2v) is 6.84. The topological polar surface area (TPSA) is 50.8 Å². The van der Waals surface area contributed by atoms with E-state index in [0.717, 1.165) is 12.0 Å². The molecule has 6 heteroatoms. The molecular formula is C20H23ClN2O3. The average Bonchev–Trinajstić information content (AvgIpc) is 2.88. The van der Waals surface area contributed by atoms with Gasteiger partial charge in [0.05, 0.1) is 24.3 Å². The number of halogens is 1. The average molecular weight is 375 g/mol. The zero-order chi connectivity index (χ0) is 18.5. The van der Waals surface area contributed by atoms with Gasteiger partial charge in [0.1, 0.15) is 0 Å². The van der Waals surface area contributed by atoms with Crippen molar-refractivity contribution in [1.29, 1.82) is 0 Å². The summed E-state index contributed by atoms with van der Waals surface area (Å²) in [5, 5.41) is 3.38. The number of carbonyl (C=O) groups is 1. The van der Waals surface area contributed by atoms with Crippen LogP contribution < -0.4 is 14.8 Å². The number of hydrogen-bond acceptors (Lipinski definition) is 4. The Morgan fingerprint density at radius 2 is 1.92 bits per heavy atom. The Balaban J connectivity index is 1.73. The fourth-order valence-electron chi connectivity index (χ4n) is 2.93. The molecule has 0 saturated carbocycles. The molecule has 0 saturated heterocycles. The van der Waals surface area contributed by atoms with E-state index < -0.39 is 0 Å². The number of nitrogens with one attached hydrogen (secondary N) is 1. The van der Waals surface area contributed by atoms with E-state index >= 15 is 0 Å². The van der Waals surface area contributed by atoms with E-state index in [1.807, 2.05) is 32.3 Å². The molecule has 1 aliphatic rings. The number of likely N-dealkylation sites (N-methyl/N-ethyl adjacent to an activating group) is 1. The summed E-state index contributed by atoms with van der Waals surface area (Å²) in [6, 6.07) is 13.5. The van der Waals surface area contributed by atoms with Crippen molar-refractivity contribution in [1.82, 2.24) is 10.2 Å². The third kappa shape index (κ3) is 4.29. The Morgan fingerprint density at radius 1 is 1.19 bits per heavy atom. The molecule has 1 atom stereocenters. The molecule has 3 rings (SSSR count). The molecule has 1 N–H and O–H groups in total. The highest BCUT2D eigenvalue weighted by molar-refractivity contribution is 6.32. The van der Waals surface area contributed by atoms with Crippen LogP contribution in [0, 0.1) is 0 Å². The molecule has 0 unspecified atom stereocenters. The molecule has 1 heterocycles. The first-order chi connectivity index (χ1) is 12.6. The maximum absolute atomic E-state index is 12.6. The lowest BCUT2D eigenvalue weighted by Crippen LogP contribution is -2.34. The van der Waals surface area contributed by atoms with Crippen molar-refractivity contribution in [2.24, 2.45) is 0 Å². The van der Waals surface area contributed by atoms with E-state index in [1.54, 1.807) is 12.1 Å². The Morgan fingerprint density at radius 3 is 2.65 bits per heavy atom. The van der Waals surface area contributed by atoms with Gasteiger partial charge in [-0.25, -0.2) is 0 Å². The first-order valence-corrected chi connectivity index (χ1v) is 9.03. The molecule has 26 heavy (non-hydrogen) atoms. The number of rotatable bonds is 5. The monoisotopic (exact) mass is 374 g/mol. The van der Waals surface area contributed by atoms with Gasteiger partial charge in [0.2, 0.25) is 0 Å². The first-order valence-electron chi connectivity index (χ1n) is 8.65. The Bertz CT molecular complexity index is 765. The van der Waals surface area contributed by atoms with Gasteiger partial charge in [-0.05, 0) is 31.8 Å². The molecule has 2 aromatic carbocycles. The normalized spacial score (nSPS) is 14.6. The van der Waals surface area contributed by atoms with Gasteiger partial charge in [-0.2, -0.15) is 0 Å². The minimum absolute atomic E-state index is 0.0797. The SMILES string of the molecule is CN(C)[C@H](CNC(=O)c1cc(Cl)c2c(c1)OCCCO2)c1ccccc1. The van der Waals surface area contributed by atoms with Gasteiger partial charge in [0.25, 0.3) is 5.91 Å². The molecule has 0 aromatic heterocycles. The smallest absolute Gasteiger partial charge is 0.251 e. The van der Waals surface area contributed by atoms with Gasteiger partial charge in [-0.1, -0.05) is 41.9 Å². The molecule has 1 amide bonds. The quantitative estimate of drug-likeness (QED) is 0.869. The summed E-state index contributed by atoms with van der Waals surface area (Å²) < 4.78 is 11.3. The zero-order valence-electron chi connectivity index (χ0n) is 15.0. The van der Waals surface area contributed by atoms with Crippen LogP contribution in [-0.4, -0.2) is 44.7 Å². The summed E-state index contributed by atoms with van der Waals surface area (Å²) >= 11 is 6.28. The predicted molar refractivity (Wildman–Crippen MR) is 102 cm³/mol. The third-order valence-electron chi connectivity index (χ3n) is 4.33. The number of benzene rings is 2. The van der Waals surface area contributed by atoms with Crippen molar-refractivity contribution in [3.63, 3.8) is 0 Å². The van der Waals surface area contributed by atoms with Crippen LogP contribution in [0.5, 0.6) is 11.5 Å². The number of hydrogen-bond donors (Lipinski definition) is 1. The number of amides is 1. The van der Waals surface area contributed by atoms with Crippen molar-refractivity contribution in [2.75, 3.05) is 33.9 Å². The summed E-state index contributed by atoms with van der Waals surface area (Å²) in [6.45, 7) is 1.59. The van der Waals surface area contributed by atoms with Crippen LogP contribution in [0.15, 0.2) is 42.5 Å². The highest BCUT2D eigenvalue weighted by Gasteiger charge is 2.20. The minimum Gasteiger partial charge on any atom is -0.489 e.